The van der Waals surface area contributed by atoms with Crippen LogP contribution in [0.1, 0.15) is 12.5 Å². The van der Waals surface area contributed by atoms with Crippen molar-refractivity contribution in [1.29, 1.82) is 0 Å². The first-order valence-electron chi connectivity index (χ1n) is 8.97. The Hall–Kier alpha value is -3.07. The highest BCUT2D eigenvalue weighted by atomic mass is 19.3. The summed E-state index contributed by atoms with van der Waals surface area (Å²) in [6.07, 6.45) is -3.69. The quantitative estimate of drug-likeness (QED) is 0.721. The number of nitrogens with zero attached hydrogens (tertiary/aromatic N) is 1. The maximum absolute atomic E-state index is 13.1. The summed E-state index contributed by atoms with van der Waals surface area (Å²) in [6.45, 7) is 3.03. The Bertz CT molecular complexity index is 891. The Kier molecular flexibility index (Phi) is 6.07. The van der Waals surface area contributed by atoms with Crippen molar-refractivity contribution in [1.82, 2.24) is 4.90 Å². The Morgan fingerprint density at radius 1 is 1.14 bits per heavy atom. The maximum Gasteiger partial charge on any atom is 0.586 e. The lowest BCUT2D eigenvalue weighted by molar-refractivity contribution is -0.286. The monoisotopic (exact) mass is 408 g/mol. The van der Waals surface area contributed by atoms with Gasteiger partial charge >= 0.3 is 6.29 Å². The maximum atomic E-state index is 13.1. The predicted octanol–water partition coefficient (Wildman–Crippen LogP) is 3.49. The number of fused-ring (bicyclic) bond motifs is 1. The van der Waals surface area contributed by atoms with Crippen molar-refractivity contribution in [3.63, 3.8) is 0 Å². The van der Waals surface area contributed by atoms with Gasteiger partial charge in [-0.05, 0) is 43.8 Å². The Labute approximate surface area is 167 Å². The number of nitrogens with one attached hydrogen (secondary N) is 1. The lowest BCUT2D eigenvalue weighted by Crippen LogP contribution is -2.29. The van der Waals surface area contributed by atoms with Crippen LogP contribution in [-0.4, -0.2) is 44.4 Å². The van der Waals surface area contributed by atoms with E-state index >= 15 is 0 Å². The van der Waals surface area contributed by atoms with Gasteiger partial charge in [-0.25, -0.2) is 0 Å². The molecule has 0 fully saturated rings. The summed E-state index contributed by atoms with van der Waals surface area (Å²) in [5.74, 6) is 0.792. The minimum Gasteiger partial charge on any atom is -0.493 e. The van der Waals surface area contributed by atoms with E-state index in [1.807, 2.05) is 30.0 Å². The lowest BCUT2D eigenvalue weighted by atomic mass is 10.2. The normalized spacial score (nSPS) is 14.0. The molecule has 0 saturated heterocycles. The zero-order valence-electron chi connectivity index (χ0n) is 16.3. The minimum absolute atomic E-state index is 0.0745. The van der Waals surface area contributed by atoms with Gasteiger partial charge in [-0.2, -0.15) is 0 Å². The van der Waals surface area contributed by atoms with Crippen LogP contribution >= 0.6 is 0 Å². The van der Waals surface area contributed by atoms with Crippen molar-refractivity contribution in [2.45, 2.75) is 19.8 Å². The Morgan fingerprint density at radius 3 is 2.62 bits per heavy atom. The molecule has 2 aromatic carbocycles. The van der Waals surface area contributed by atoms with E-state index in [1.54, 1.807) is 14.2 Å². The average molecular weight is 408 g/mol. The average Bonchev–Trinajstić information content (AvgIpc) is 2.96. The molecule has 0 unspecified atom stereocenters. The fourth-order valence-corrected chi connectivity index (χ4v) is 2.93. The molecule has 7 nitrogen and oxygen atoms in total. The standard InChI is InChI=1S/C20H22F2N2O5/c1-4-27-15-7-5-13(9-17(15)26-3)11-24(2)12-19(25)23-14-6-8-16-18(10-14)29-20(21,22)28-16/h5-10H,4,11-12H2,1-3H3,(H,23,25). The van der Waals surface area contributed by atoms with E-state index in [1.165, 1.54) is 18.2 Å². The first kappa shape index (κ1) is 20.7. The van der Waals surface area contributed by atoms with Gasteiger partial charge in [-0.3, -0.25) is 9.69 Å². The van der Waals surface area contributed by atoms with E-state index in [0.717, 1.165) is 5.56 Å². The molecule has 3 rings (SSSR count). The third kappa shape index (κ3) is 5.26. The molecule has 2 aromatic rings. The highest BCUT2D eigenvalue weighted by Crippen LogP contribution is 2.42. The van der Waals surface area contributed by atoms with E-state index in [4.69, 9.17) is 9.47 Å². The molecule has 1 heterocycles. The van der Waals surface area contributed by atoms with E-state index in [-0.39, 0.29) is 24.0 Å². The number of halogens is 2. The topological polar surface area (TPSA) is 69.3 Å². The largest absolute Gasteiger partial charge is 0.586 e. The van der Waals surface area contributed by atoms with Gasteiger partial charge in [0.2, 0.25) is 5.91 Å². The number of alkyl halides is 2. The number of hydrogen-bond acceptors (Lipinski definition) is 6. The van der Waals surface area contributed by atoms with Crippen LogP contribution in [0.15, 0.2) is 36.4 Å². The molecule has 0 radical (unpaired) electrons. The molecule has 0 aromatic heterocycles. The van der Waals surface area contributed by atoms with Gasteiger partial charge in [0.05, 0.1) is 20.3 Å². The predicted molar refractivity (Wildman–Crippen MR) is 102 cm³/mol. The Morgan fingerprint density at radius 2 is 1.90 bits per heavy atom. The molecule has 0 atom stereocenters. The van der Waals surface area contributed by atoms with Gasteiger partial charge in [0.15, 0.2) is 23.0 Å². The molecule has 1 aliphatic rings. The first-order chi connectivity index (χ1) is 13.8. The summed E-state index contributed by atoms with van der Waals surface area (Å²) < 4.78 is 45.7. The van der Waals surface area contributed by atoms with Gasteiger partial charge in [0, 0.05) is 18.3 Å². The van der Waals surface area contributed by atoms with Crippen molar-refractivity contribution in [2.75, 3.05) is 32.6 Å². The van der Waals surface area contributed by atoms with Crippen molar-refractivity contribution in [3.05, 3.63) is 42.0 Å². The summed E-state index contributed by atoms with van der Waals surface area (Å²) >= 11 is 0. The van der Waals surface area contributed by atoms with Gasteiger partial charge in [-0.15, -0.1) is 8.78 Å². The molecular formula is C20H22F2N2O5. The van der Waals surface area contributed by atoms with Crippen molar-refractivity contribution in [3.8, 4) is 23.0 Å². The van der Waals surface area contributed by atoms with Crippen molar-refractivity contribution in [2.24, 2.45) is 0 Å². The molecule has 156 valence electrons. The van der Waals surface area contributed by atoms with Gasteiger partial charge in [0.25, 0.3) is 0 Å². The number of likely N-dealkylation sites (N-methyl/N-ethyl adjacent to an activating group) is 1. The second-order valence-electron chi connectivity index (χ2n) is 6.47. The number of carbonyl (C=O) groups is 1. The number of anilines is 1. The summed E-state index contributed by atoms with van der Waals surface area (Å²) in [5.41, 5.74) is 1.29. The number of ether oxygens (including phenoxy) is 4. The molecule has 1 N–H and O–H groups in total. The number of amides is 1. The molecule has 1 amide bonds. The number of benzene rings is 2. The highest BCUT2D eigenvalue weighted by molar-refractivity contribution is 5.92. The van der Waals surface area contributed by atoms with Gasteiger partial charge < -0.3 is 24.3 Å². The van der Waals surface area contributed by atoms with Crippen LogP contribution in [0.5, 0.6) is 23.0 Å². The van der Waals surface area contributed by atoms with Crippen molar-refractivity contribution < 1.29 is 32.5 Å². The molecule has 1 aliphatic heterocycles. The van der Waals surface area contributed by atoms with Crippen LogP contribution in [-0.2, 0) is 11.3 Å². The van der Waals surface area contributed by atoms with Crippen LogP contribution < -0.4 is 24.3 Å². The molecular weight excluding hydrogens is 386 g/mol. The zero-order valence-corrected chi connectivity index (χ0v) is 16.3. The number of carbonyl (C=O) groups excluding carboxylic acids is 1. The van der Waals surface area contributed by atoms with E-state index in [9.17, 15) is 13.6 Å². The lowest BCUT2D eigenvalue weighted by Gasteiger charge is -2.18. The van der Waals surface area contributed by atoms with E-state index in [0.29, 0.717) is 30.3 Å². The molecule has 0 bridgehead atoms. The summed E-state index contributed by atoms with van der Waals surface area (Å²) in [4.78, 5) is 14.1. The van der Waals surface area contributed by atoms with Gasteiger partial charge in [0.1, 0.15) is 0 Å². The number of methoxy groups -OCH3 is 1. The fourth-order valence-electron chi connectivity index (χ4n) is 2.93. The first-order valence-corrected chi connectivity index (χ1v) is 8.97. The number of hydrogen-bond donors (Lipinski definition) is 1. The van der Waals surface area contributed by atoms with E-state index < -0.39 is 6.29 Å². The third-order valence-electron chi connectivity index (χ3n) is 4.08. The summed E-state index contributed by atoms with van der Waals surface area (Å²) in [7, 11) is 3.36. The minimum atomic E-state index is -3.69. The smallest absolute Gasteiger partial charge is 0.493 e. The van der Waals surface area contributed by atoms with E-state index in [2.05, 4.69) is 14.8 Å². The summed E-state index contributed by atoms with van der Waals surface area (Å²) in [6, 6.07) is 9.68. The SMILES string of the molecule is CCOc1ccc(CN(C)CC(=O)Nc2ccc3c(c2)OC(F)(F)O3)cc1OC. The highest BCUT2D eigenvalue weighted by Gasteiger charge is 2.43. The molecule has 9 heteroatoms. The van der Waals surface area contributed by atoms with Crippen molar-refractivity contribution >= 4 is 11.6 Å². The Balaban J connectivity index is 1.56. The third-order valence-corrected chi connectivity index (χ3v) is 4.08. The van der Waals surface area contributed by atoms with Gasteiger partial charge in [-0.1, -0.05) is 6.07 Å². The van der Waals surface area contributed by atoms with Crippen LogP contribution in [0.4, 0.5) is 14.5 Å². The fraction of sp³-hybridized carbons (Fsp3) is 0.350. The molecule has 0 saturated carbocycles. The molecule has 0 aliphatic carbocycles. The second kappa shape index (κ2) is 8.52. The van der Waals surface area contributed by atoms with Crippen LogP contribution in [0, 0.1) is 0 Å². The van der Waals surface area contributed by atoms with Crippen LogP contribution in [0.2, 0.25) is 0 Å². The van der Waals surface area contributed by atoms with Crippen LogP contribution in [0.25, 0.3) is 0 Å². The second-order valence-corrected chi connectivity index (χ2v) is 6.47. The molecule has 0 spiro atoms. The number of rotatable bonds is 8. The van der Waals surface area contributed by atoms with Crippen LogP contribution in [0.3, 0.4) is 0 Å². The summed E-state index contributed by atoms with van der Waals surface area (Å²) in [5, 5.41) is 2.66. The molecule has 29 heavy (non-hydrogen) atoms. The zero-order chi connectivity index (χ0) is 21.0.